The zero-order chi connectivity index (χ0) is 20.1. The van der Waals surface area contributed by atoms with E-state index < -0.39 is 30.1 Å². The second kappa shape index (κ2) is 8.33. The lowest BCUT2D eigenvalue weighted by Gasteiger charge is -2.07. The number of tetrazole rings is 1. The Morgan fingerprint density at radius 2 is 1.89 bits per heavy atom. The van der Waals surface area contributed by atoms with Crippen LogP contribution in [0.1, 0.15) is 5.56 Å². The van der Waals surface area contributed by atoms with Gasteiger partial charge in [0.25, 0.3) is 5.91 Å². The first-order chi connectivity index (χ1) is 13.4. The van der Waals surface area contributed by atoms with Gasteiger partial charge in [0.15, 0.2) is 13.2 Å². The van der Waals surface area contributed by atoms with Gasteiger partial charge in [0, 0.05) is 11.6 Å². The van der Waals surface area contributed by atoms with Gasteiger partial charge < -0.3 is 10.1 Å². The molecule has 0 aliphatic carbocycles. The van der Waals surface area contributed by atoms with Crippen LogP contribution in [0, 0.1) is 18.6 Å². The number of benzene rings is 2. The molecule has 0 unspecified atom stereocenters. The third kappa shape index (κ3) is 4.93. The quantitative estimate of drug-likeness (QED) is 0.651. The summed E-state index contributed by atoms with van der Waals surface area (Å²) in [5, 5.41) is 13.8. The average molecular weight is 387 g/mol. The second-order valence-electron chi connectivity index (χ2n) is 5.84. The van der Waals surface area contributed by atoms with Crippen LogP contribution in [0.25, 0.3) is 11.4 Å². The standard InChI is InChI=1S/C18H15F2N5O3/c1-11-2-4-12(5-3-11)18-22-24-25(23-18)9-17(27)28-10-16(26)21-15-8-13(19)6-7-14(15)20/h2-8H,9-10H2,1H3,(H,21,26). The number of esters is 1. The molecule has 1 heterocycles. The van der Waals surface area contributed by atoms with E-state index in [4.69, 9.17) is 4.74 Å². The predicted molar refractivity (Wildman–Crippen MR) is 93.9 cm³/mol. The van der Waals surface area contributed by atoms with Gasteiger partial charge in [-0.15, -0.1) is 10.2 Å². The van der Waals surface area contributed by atoms with Crippen LogP contribution < -0.4 is 5.32 Å². The van der Waals surface area contributed by atoms with E-state index in [-0.39, 0.29) is 12.2 Å². The molecule has 0 aliphatic rings. The zero-order valence-corrected chi connectivity index (χ0v) is 14.7. The molecule has 2 aromatic carbocycles. The maximum atomic E-state index is 13.5. The number of ether oxygens (including phenoxy) is 1. The van der Waals surface area contributed by atoms with Crippen molar-refractivity contribution in [3.05, 3.63) is 59.7 Å². The van der Waals surface area contributed by atoms with E-state index in [1.165, 1.54) is 0 Å². The van der Waals surface area contributed by atoms with Gasteiger partial charge in [0.2, 0.25) is 5.82 Å². The van der Waals surface area contributed by atoms with Crippen molar-refractivity contribution < 1.29 is 23.1 Å². The van der Waals surface area contributed by atoms with E-state index in [2.05, 4.69) is 20.7 Å². The number of hydrogen-bond donors (Lipinski definition) is 1. The predicted octanol–water partition coefficient (Wildman–Crippen LogP) is 2.11. The van der Waals surface area contributed by atoms with Crippen molar-refractivity contribution in [3.63, 3.8) is 0 Å². The second-order valence-corrected chi connectivity index (χ2v) is 5.84. The van der Waals surface area contributed by atoms with Gasteiger partial charge in [-0.3, -0.25) is 4.79 Å². The summed E-state index contributed by atoms with van der Waals surface area (Å²) in [7, 11) is 0. The van der Waals surface area contributed by atoms with Crippen LogP contribution in [0.3, 0.4) is 0 Å². The van der Waals surface area contributed by atoms with Crippen molar-refractivity contribution in [2.45, 2.75) is 13.5 Å². The lowest BCUT2D eigenvalue weighted by Crippen LogP contribution is -2.24. The third-order valence-electron chi connectivity index (χ3n) is 3.60. The SMILES string of the molecule is Cc1ccc(-c2nnn(CC(=O)OCC(=O)Nc3cc(F)ccc3F)n2)cc1. The fourth-order valence-electron chi connectivity index (χ4n) is 2.22. The van der Waals surface area contributed by atoms with Crippen LogP contribution in [0.5, 0.6) is 0 Å². The number of carbonyl (C=O) groups excluding carboxylic acids is 2. The number of aryl methyl sites for hydroxylation is 1. The number of nitrogens with zero attached hydrogens (tertiary/aromatic N) is 4. The van der Waals surface area contributed by atoms with E-state index in [9.17, 15) is 18.4 Å². The number of aromatic nitrogens is 4. The number of halogens is 2. The van der Waals surface area contributed by atoms with E-state index in [1.807, 2.05) is 31.2 Å². The maximum Gasteiger partial charge on any atom is 0.330 e. The molecule has 0 saturated carbocycles. The molecule has 10 heteroatoms. The number of rotatable bonds is 6. The van der Waals surface area contributed by atoms with Crippen LogP contribution in [-0.4, -0.2) is 38.7 Å². The zero-order valence-electron chi connectivity index (χ0n) is 14.7. The lowest BCUT2D eigenvalue weighted by atomic mass is 10.1. The van der Waals surface area contributed by atoms with Crippen molar-refractivity contribution in [1.82, 2.24) is 20.2 Å². The Morgan fingerprint density at radius 1 is 1.14 bits per heavy atom. The monoisotopic (exact) mass is 387 g/mol. The van der Waals surface area contributed by atoms with Gasteiger partial charge in [-0.2, -0.15) is 4.80 Å². The average Bonchev–Trinajstić information content (AvgIpc) is 3.12. The largest absolute Gasteiger partial charge is 0.454 e. The number of hydrogen-bond acceptors (Lipinski definition) is 6. The van der Waals surface area contributed by atoms with Crippen molar-refractivity contribution in [3.8, 4) is 11.4 Å². The summed E-state index contributed by atoms with van der Waals surface area (Å²) in [6.45, 7) is 0.914. The Bertz CT molecular complexity index is 1000. The minimum atomic E-state index is -0.815. The number of anilines is 1. The highest BCUT2D eigenvalue weighted by Crippen LogP contribution is 2.15. The fraction of sp³-hybridized carbons (Fsp3) is 0.167. The Kier molecular flexibility index (Phi) is 5.68. The summed E-state index contributed by atoms with van der Waals surface area (Å²) in [5.41, 5.74) is 1.47. The molecule has 3 rings (SSSR count). The maximum absolute atomic E-state index is 13.5. The minimum Gasteiger partial charge on any atom is -0.454 e. The van der Waals surface area contributed by atoms with E-state index in [1.54, 1.807) is 0 Å². The van der Waals surface area contributed by atoms with Crippen molar-refractivity contribution in [1.29, 1.82) is 0 Å². The molecule has 1 aromatic heterocycles. The fourth-order valence-corrected chi connectivity index (χ4v) is 2.22. The Morgan fingerprint density at radius 3 is 2.64 bits per heavy atom. The molecular formula is C18H15F2N5O3. The van der Waals surface area contributed by atoms with Gasteiger partial charge in [0.05, 0.1) is 5.69 Å². The van der Waals surface area contributed by atoms with Crippen LogP contribution in [0.2, 0.25) is 0 Å². The smallest absolute Gasteiger partial charge is 0.330 e. The number of nitrogens with one attached hydrogen (secondary N) is 1. The summed E-state index contributed by atoms with van der Waals surface area (Å²) < 4.78 is 31.3. The van der Waals surface area contributed by atoms with Crippen LogP contribution in [0.15, 0.2) is 42.5 Å². The summed E-state index contributed by atoms with van der Waals surface area (Å²) in [4.78, 5) is 24.6. The molecule has 0 saturated heterocycles. The molecule has 144 valence electrons. The number of carbonyl (C=O) groups is 2. The molecule has 28 heavy (non-hydrogen) atoms. The molecule has 3 aromatic rings. The highest BCUT2D eigenvalue weighted by Gasteiger charge is 2.13. The van der Waals surface area contributed by atoms with Gasteiger partial charge in [-0.1, -0.05) is 29.8 Å². The van der Waals surface area contributed by atoms with Gasteiger partial charge in [0.1, 0.15) is 11.6 Å². The van der Waals surface area contributed by atoms with Gasteiger partial charge in [-0.05, 0) is 24.3 Å². The highest BCUT2D eigenvalue weighted by atomic mass is 19.1. The summed E-state index contributed by atoms with van der Waals surface area (Å²) in [6.07, 6.45) is 0. The van der Waals surface area contributed by atoms with Crippen LogP contribution in [0.4, 0.5) is 14.5 Å². The van der Waals surface area contributed by atoms with Gasteiger partial charge in [-0.25, -0.2) is 13.6 Å². The molecule has 1 amide bonds. The molecule has 0 atom stereocenters. The molecule has 1 N–H and O–H groups in total. The van der Waals surface area contributed by atoms with Crippen LogP contribution in [-0.2, 0) is 20.9 Å². The first-order valence-corrected chi connectivity index (χ1v) is 8.16. The Hall–Kier alpha value is -3.69. The van der Waals surface area contributed by atoms with Crippen LogP contribution >= 0.6 is 0 Å². The normalized spacial score (nSPS) is 10.5. The summed E-state index contributed by atoms with van der Waals surface area (Å²) >= 11 is 0. The summed E-state index contributed by atoms with van der Waals surface area (Å²) in [5.74, 6) is -2.79. The highest BCUT2D eigenvalue weighted by molar-refractivity contribution is 5.92. The van der Waals surface area contributed by atoms with Crippen molar-refractivity contribution in [2.75, 3.05) is 11.9 Å². The summed E-state index contributed by atoms with van der Waals surface area (Å²) in [6, 6.07) is 10.0. The van der Waals surface area contributed by atoms with E-state index in [0.29, 0.717) is 5.82 Å². The van der Waals surface area contributed by atoms with E-state index >= 15 is 0 Å². The topological polar surface area (TPSA) is 99.0 Å². The lowest BCUT2D eigenvalue weighted by molar-refractivity contribution is -0.148. The third-order valence-corrected chi connectivity index (χ3v) is 3.60. The molecule has 0 aliphatic heterocycles. The molecule has 0 bridgehead atoms. The van der Waals surface area contributed by atoms with E-state index in [0.717, 1.165) is 34.1 Å². The molecular weight excluding hydrogens is 372 g/mol. The number of amides is 1. The Balaban J connectivity index is 1.51. The van der Waals surface area contributed by atoms with Crippen molar-refractivity contribution in [2.24, 2.45) is 0 Å². The Labute approximate surface area is 158 Å². The first-order valence-electron chi connectivity index (χ1n) is 8.16. The van der Waals surface area contributed by atoms with Gasteiger partial charge >= 0.3 is 5.97 Å². The molecule has 8 nitrogen and oxygen atoms in total. The molecule has 0 fully saturated rings. The molecule has 0 spiro atoms. The van der Waals surface area contributed by atoms with Crippen molar-refractivity contribution >= 4 is 17.6 Å². The first kappa shape index (κ1) is 19.1. The molecule has 0 radical (unpaired) electrons. The minimum absolute atomic E-state index is 0.340.